The standard InChI is InChI=1S/C18H24FN3O4/c1-2-3-10-26-17(24)11-15-18(25)20-8-9-22(15)16(23)12-21-14-7-5-4-6-13(14)19/h4-7,15,21H,2-3,8-12H2,1H3,(H,20,25). The first-order chi connectivity index (χ1) is 12.5. The highest BCUT2D eigenvalue weighted by atomic mass is 19.1. The van der Waals surface area contributed by atoms with Gasteiger partial charge in [-0.15, -0.1) is 0 Å². The molecule has 2 rings (SSSR count). The van der Waals surface area contributed by atoms with Gasteiger partial charge in [0.15, 0.2) is 0 Å². The van der Waals surface area contributed by atoms with E-state index in [1.54, 1.807) is 12.1 Å². The molecule has 2 amide bonds. The van der Waals surface area contributed by atoms with Crippen LogP contribution in [0.5, 0.6) is 0 Å². The van der Waals surface area contributed by atoms with Crippen molar-refractivity contribution in [1.29, 1.82) is 0 Å². The summed E-state index contributed by atoms with van der Waals surface area (Å²) in [5, 5.41) is 5.38. The third kappa shape index (κ3) is 5.44. The maximum absolute atomic E-state index is 13.6. The molecule has 2 N–H and O–H groups in total. The fourth-order valence-corrected chi connectivity index (χ4v) is 2.64. The summed E-state index contributed by atoms with van der Waals surface area (Å²) in [6.45, 7) is 2.70. The van der Waals surface area contributed by atoms with Crippen molar-refractivity contribution >= 4 is 23.5 Å². The largest absolute Gasteiger partial charge is 0.466 e. The molecule has 1 fully saturated rings. The molecule has 1 heterocycles. The molecule has 1 aromatic rings. The molecule has 8 heteroatoms. The van der Waals surface area contributed by atoms with Crippen LogP contribution in [-0.2, 0) is 19.1 Å². The number of hydrogen-bond acceptors (Lipinski definition) is 5. The molecule has 1 aliphatic heterocycles. The van der Waals surface area contributed by atoms with E-state index < -0.39 is 17.8 Å². The van der Waals surface area contributed by atoms with Crippen LogP contribution < -0.4 is 10.6 Å². The fourth-order valence-electron chi connectivity index (χ4n) is 2.64. The van der Waals surface area contributed by atoms with Gasteiger partial charge in [0.2, 0.25) is 11.8 Å². The molecule has 0 aliphatic carbocycles. The molecular weight excluding hydrogens is 341 g/mol. The molecule has 1 aliphatic rings. The van der Waals surface area contributed by atoms with Crippen LogP contribution in [0.4, 0.5) is 10.1 Å². The Hall–Kier alpha value is -2.64. The minimum absolute atomic E-state index is 0.171. The zero-order chi connectivity index (χ0) is 18.9. The van der Waals surface area contributed by atoms with E-state index >= 15 is 0 Å². The van der Waals surface area contributed by atoms with Gasteiger partial charge < -0.3 is 20.3 Å². The van der Waals surface area contributed by atoms with E-state index in [0.29, 0.717) is 13.2 Å². The number of nitrogens with one attached hydrogen (secondary N) is 2. The van der Waals surface area contributed by atoms with E-state index in [-0.39, 0.29) is 37.0 Å². The SMILES string of the molecule is CCCCOC(=O)CC1C(=O)NCCN1C(=O)CNc1ccccc1F. The topological polar surface area (TPSA) is 87.7 Å². The van der Waals surface area contributed by atoms with Gasteiger partial charge in [-0.3, -0.25) is 14.4 Å². The first kappa shape index (κ1) is 19.7. The third-order valence-electron chi connectivity index (χ3n) is 4.08. The van der Waals surface area contributed by atoms with E-state index in [1.165, 1.54) is 17.0 Å². The Balaban J connectivity index is 1.95. The van der Waals surface area contributed by atoms with Crippen LogP contribution in [0.15, 0.2) is 24.3 Å². The quantitative estimate of drug-likeness (QED) is 0.536. The summed E-state index contributed by atoms with van der Waals surface area (Å²) in [7, 11) is 0. The lowest BCUT2D eigenvalue weighted by atomic mass is 10.1. The summed E-state index contributed by atoms with van der Waals surface area (Å²) >= 11 is 0. The van der Waals surface area contributed by atoms with Gasteiger partial charge in [0.25, 0.3) is 0 Å². The van der Waals surface area contributed by atoms with E-state index in [1.807, 2.05) is 6.92 Å². The average molecular weight is 365 g/mol. The van der Waals surface area contributed by atoms with Crippen LogP contribution in [-0.4, -0.2) is 55.0 Å². The lowest BCUT2D eigenvalue weighted by molar-refractivity contribution is -0.151. The van der Waals surface area contributed by atoms with E-state index in [2.05, 4.69) is 10.6 Å². The predicted molar refractivity (Wildman–Crippen MR) is 93.9 cm³/mol. The average Bonchev–Trinajstić information content (AvgIpc) is 2.62. The van der Waals surface area contributed by atoms with Gasteiger partial charge >= 0.3 is 5.97 Å². The molecular formula is C18H24FN3O4. The number of nitrogens with zero attached hydrogens (tertiary/aromatic N) is 1. The van der Waals surface area contributed by atoms with Crippen molar-refractivity contribution in [2.75, 3.05) is 31.6 Å². The van der Waals surface area contributed by atoms with Gasteiger partial charge in [-0.1, -0.05) is 25.5 Å². The molecule has 26 heavy (non-hydrogen) atoms. The van der Waals surface area contributed by atoms with Gasteiger partial charge in [-0.25, -0.2) is 4.39 Å². The smallest absolute Gasteiger partial charge is 0.308 e. The number of anilines is 1. The van der Waals surface area contributed by atoms with Crippen LogP contribution in [0.25, 0.3) is 0 Å². The molecule has 1 aromatic carbocycles. The number of carbonyl (C=O) groups excluding carboxylic acids is 3. The third-order valence-corrected chi connectivity index (χ3v) is 4.08. The number of piperazine rings is 1. The molecule has 0 aromatic heterocycles. The first-order valence-electron chi connectivity index (χ1n) is 8.74. The predicted octanol–water partition coefficient (Wildman–Crippen LogP) is 1.30. The number of unbranched alkanes of at least 4 members (excludes halogenated alkanes) is 1. The summed E-state index contributed by atoms with van der Waals surface area (Å²) in [6, 6.07) is 5.11. The fraction of sp³-hybridized carbons (Fsp3) is 0.500. The number of carbonyl (C=O) groups is 3. The second kappa shape index (κ2) is 9.74. The molecule has 1 atom stereocenters. The van der Waals surface area contributed by atoms with Crippen molar-refractivity contribution in [3.05, 3.63) is 30.1 Å². The summed E-state index contributed by atoms with van der Waals surface area (Å²) in [5.41, 5.74) is 0.206. The van der Waals surface area contributed by atoms with E-state index in [4.69, 9.17) is 4.74 Å². The van der Waals surface area contributed by atoms with Crippen LogP contribution in [0.1, 0.15) is 26.2 Å². The normalized spacial score (nSPS) is 16.8. The molecule has 1 saturated heterocycles. The van der Waals surface area contributed by atoms with Crippen molar-refractivity contribution in [1.82, 2.24) is 10.2 Å². The molecule has 142 valence electrons. The van der Waals surface area contributed by atoms with Gasteiger partial charge in [0, 0.05) is 13.1 Å². The van der Waals surface area contributed by atoms with Crippen molar-refractivity contribution in [3.8, 4) is 0 Å². The Morgan fingerprint density at radius 3 is 2.88 bits per heavy atom. The Labute approximate surface area is 151 Å². The highest BCUT2D eigenvalue weighted by Gasteiger charge is 2.34. The van der Waals surface area contributed by atoms with Crippen LogP contribution in [0.2, 0.25) is 0 Å². The zero-order valence-corrected chi connectivity index (χ0v) is 14.8. The van der Waals surface area contributed by atoms with Crippen molar-refractivity contribution in [2.24, 2.45) is 0 Å². The van der Waals surface area contributed by atoms with Crippen LogP contribution in [0.3, 0.4) is 0 Å². The monoisotopic (exact) mass is 365 g/mol. The van der Waals surface area contributed by atoms with Gasteiger partial charge in [-0.05, 0) is 18.6 Å². The van der Waals surface area contributed by atoms with E-state index in [9.17, 15) is 18.8 Å². The lowest BCUT2D eigenvalue weighted by Gasteiger charge is -2.34. The molecule has 7 nitrogen and oxygen atoms in total. The second-order valence-electron chi connectivity index (χ2n) is 6.01. The molecule has 0 spiro atoms. The summed E-state index contributed by atoms with van der Waals surface area (Å²) in [4.78, 5) is 37.9. The Bertz CT molecular complexity index is 653. The van der Waals surface area contributed by atoms with Gasteiger partial charge in [0.1, 0.15) is 11.9 Å². The lowest BCUT2D eigenvalue weighted by Crippen LogP contribution is -2.58. The summed E-state index contributed by atoms with van der Waals surface area (Å²) in [6.07, 6.45) is 1.45. The highest BCUT2D eigenvalue weighted by Crippen LogP contribution is 2.14. The molecule has 1 unspecified atom stereocenters. The molecule has 0 radical (unpaired) electrons. The number of benzene rings is 1. The zero-order valence-electron chi connectivity index (χ0n) is 14.8. The Morgan fingerprint density at radius 1 is 1.38 bits per heavy atom. The van der Waals surface area contributed by atoms with Crippen LogP contribution in [0, 0.1) is 5.82 Å². The minimum Gasteiger partial charge on any atom is -0.466 e. The molecule has 0 bridgehead atoms. The van der Waals surface area contributed by atoms with Crippen LogP contribution >= 0.6 is 0 Å². The van der Waals surface area contributed by atoms with Gasteiger partial charge in [0.05, 0.1) is 25.3 Å². The number of hydrogen-bond donors (Lipinski definition) is 2. The Morgan fingerprint density at radius 2 is 2.15 bits per heavy atom. The summed E-state index contributed by atoms with van der Waals surface area (Å²) < 4.78 is 18.7. The van der Waals surface area contributed by atoms with Crippen molar-refractivity contribution in [2.45, 2.75) is 32.2 Å². The van der Waals surface area contributed by atoms with E-state index in [0.717, 1.165) is 12.8 Å². The highest BCUT2D eigenvalue weighted by molar-refractivity contribution is 5.93. The van der Waals surface area contributed by atoms with Crippen molar-refractivity contribution in [3.63, 3.8) is 0 Å². The maximum atomic E-state index is 13.6. The minimum atomic E-state index is -0.909. The van der Waals surface area contributed by atoms with Crippen molar-refractivity contribution < 1.29 is 23.5 Å². The first-order valence-corrected chi connectivity index (χ1v) is 8.74. The van der Waals surface area contributed by atoms with Gasteiger partial charge in [-0.2, -0.15) is 0 Å². The number of para-hydroxylation sites is 1. The number of ether oxygens (including phenoxy) is 1. The summed E-state index contributed by atoms with van der Waals surface area (Å²) in [5.74, 6) is -1.74. The number of rotatable bonds is 8. The number of esters is 1. The maximum Gasteiger partial charge on any atom is 0.308 e. The number of halogens is 1. The number of amides is 2. The molecule has 0 saturated carbocycles. The second-order valence-corrected chi connectivity index (χ2v) is 6.01. The Kier molecular flexibility index (Phi) is 7.37.